The second-order valence-corrected chi connectivity index (χ2v) is 3.05. The van der Waals surface area contributed by atoms with Gasteiger partial charge in [-0.3, -0.25) is 5.32 Å². The predicted octanol–water partition coefficient (Wildman–Crippen LogP) is 2.11. The fourth-order valence-corrected chi connectivity index (χ4v) is 1.13. The summed E-state index contributed by atoms with van der Waals surface area (Å²) in [6, 6.07) is 7.07. The van der Waals surface area contributed by atoms with Gasteiger partial charge in [-0.1, -0.05) is 17.7 Å². The number of hydrogen-bond acceptors (Lipinski definition) is 2. The largest absolute Gasteiger partial charge is 0.332 e. The number of halogens is 1. The van der Waals surface area contributed by atoms with Crippen LogP contribution in [0.25, 0.3) is 0 Å². The monoisotopic (exact) mass is 211 g/mol. The zero-order valence-electron chi connectivity index (χ0n) is 6.54. The Morgan fingerprint density at radius 2 is 2.31 bits per heavy atom. The highest BCUT2D eigenvalue weighted by atomic mass is 35.5. The van der Waals surface area contributed by atoms with Gasteiger partial charge in [0.1, 0.15) is 0 Å². The third-order valence-corrected chi connectivity index (χ3v) is 1.69. The van der Waals surface area contributed by atoms with Gasteiger partial charge < -0.3 is 5.32 Å². The first-order chi connectivity index (χ1) is 6.22. The lowest BCUT2D eigenvalue weighted by Gasteiger charge is -2.04. The van der Waals surface area contributed by atoms with Crippen molar-refractivity contribution in [3.63, 3.8) is 0 Å². The van der Waals surface area contributed by atoms with Crippen LogP contribution in [0.2, 0.25) is 5.02 Å². The van der Waals surface area contributed by atoms with Crippen molar-refractivity contribution in [2.75, 3.05) is 5.32 Å². The molecule has 0 amide bonds. The van der Waals surface area contributed by atoms with E-state index in [0.717, 1.165) is 5.69 Å². The van der Waals surface area contributed by atoms with Gasteiger partial charge in [-0.15, -0.1) is 0 Å². The molecule has 0 spiro atoms. The topological polar surface area (TPSA) is 47.9 Å². The molecule has 0 aliphatic rings. The van der Waals surface area contributed by atoms with Gasteiger partial charge in [-0.05, 0) is 30.4 Å². The third-order valence-electron chi connectivity index (χ3n) is 1.25. The SMILES string of the molecule is N#CNC(=S)Nc1cccc(Cl)c1. The second kappa shape index (κ2) is 4.65. The summed E-state index contributed by atoms with van der Waals surface area (Å²) in [5.74, 6) is 0. The molecule has 0 fully saturated rings. The van der Waals surface area contributed by atoms with Gasteiger partial charge in [0.2, 0.25) is 0 Å². The summed E-state index contributed by atoms with van der Waals surface area (Å²) in [5, 5.41) is 14.2. The maximum Gasteiger partial charge on any atom is 0.184 e. The molecule has 0 atom stereocenters. The molecule has 0 aliphatic carbocycles. The van der Waals surface area contributed by atoms with Gasteiger partial charge >= 0.3 is 0 Å². The van der Waals surface area contributed by atoms with Crippen LogP contribution >= 0.6 is 23.8 Å². The van der Waals surface area contributed by atoms with E-state index >= 15 is 0 Å². The normalized spacial score (nSPS) is 8.62. The molecule has 66 valence electrons. The summed E-state index contributed by atoms with van der Waals surface area (Å²) in [7, 11) is 0. The van der Waals surface area contributed by atoms with E-state index in [9.17, 15) is 0 Å². The van der Waals surface area contributed by atoms with E-state index in [-0.39, 0.29) is 5.11 Å². The van der Waals surface area contributed by atoms with E-state index in [1.807, 2.05) is 0 Å². The molecule has 0 saturated heterocycles. The highest BCUT2D eigenvalue weighted by Crippen LogP contribution is 2.14. The van der Waals surface area contributed by atoms with E-state index in [2.05, 4.69) is 10.6 Å². The van der Waals surface area contributed by atoms with Crippen molar-refractivity contribution >= 4 is 34.6 Å². The second-order valence-electron chi connectivity index (χ2n) is 2.20. The Labute approximate surface area is 86.3 Å². The van der Waals surface area contributed by atoms with Crippen LogP contribution in [0.3, 0.4) is 0 Å². The number of benzene rings is 1. The molecule has 1 aromatic carbocycles. The number of nitriles is 1. The Kier molecular flexibility index (Phi) is 3.50. The van der Waals surface area contributed by atoms with Crippen molar-refractivity contribution in [1.29, 1.82) is 5.26 Å². The summed E-state index contributed by atoms with van der Waals surface area (Å²) in [6.07, 6.45) is 1.72. The third kappa shape index (κ3) is 3.28. The number of rotatable bonds is 1. The highest BCUT2D eigenvalue weighted by molar-refractivity contribution is 7.80. The molecule has 0 heterocycles. The Balaban J connectivity index is 2.65. The summed E-state index contributed by atoms with van der Waals surface area (Å²) in [6.45, 7) is 0. The number of anilines is 1. The lowest BCUT2D eigenvalue weighted by atomic mass is 10.3. The maximum atomic E-state index is 8.25. The van der Waals surface area contributed by atoms with E-state index in [1.54, 1.807) is 30.5 Å². The number of hydrogen-bond donors (Lipinski definition) is 2. The van der Waals surface area contributed by atoms with Crippen molar-refractivity contribution < 1.29 is 0 Å². The Morgan fingerprint density at radius 3 is 2.92 bits per heavy atom. The van der Waals surface area contributed by atoms with Gasteiger partial charge in [-0.25, -0.2) is 0 Å². The van der Waals surface area contributed by atoms with Crippen molar-refractivity contribution in [3.05, 3.63) is 29.3 Å². The van der Waals surface area contributed by atoms with Crippen LogP contribution in [0, 0.1) is 11.5 Å². The standard InChI is InChI=1S/C8H6ClN3S/c9-6-2-1-3-7(4-6)12-8(13)11-5-10/h1-4H,(H2,11,12,13). The molecule has 0 saturated carbocycles. The van der Waals surface area contributed by atoms with Crippen LogP contribution in [-0.2, 0) is 0 Å². The first-order valence-electron chi connectivity index (χ1n) is 3.44. The smallest absolute Gasteiger partial charge is 0.184 e. The van der Waals surface area contributed by atoms with E-state index in [1.165, 1.54) is 0 Å². The van der Waals surface area contributed by atoms with Crippen molar-refractivity contribution in [1.82, 2.24) is 5.32 Å². The zero-order valence-corrected chi connectivity index (χ0v) is 8.12. The van der Waals surface area contributed by atoms with Crippen LogP contribution in [-0.4, -0.2) is 5.11 Å². The van der Waals surface area contributed by atoms with Gasteiger partial charge in [0.15, 0.2) is 11.3 Å². The highest BCUT2D eigenvalue weighted by Gasteiger charge is 1.95. The lowest BCUT2D eigenvalue weighted by Crippen LogP contribution is -2.23. The average Bonchev–Trinajstić information content (AvgIpc) is 2.04. The fourth-order valence-electron chi connectivity index (χ4n) is 0.779. The minimum atomic E-state index is 0.254. The first-order valence-corrected chi connectivity index (χ1v) is 4.22. The van der Waals surface area contributed by atoms with Gasteiger partial charge in [0.05, 0.1) is 0 Å². The minimum Gasteiger partial charge on any atom is -0.332 e. The summed E-state index contributed by atoms with van der Waals surface area (Å²) >= 11 is 10.5. The molecule has 3 nitrogen and oxygen atoms in total. The number of thiocarbonyl (C=S) groups is 1. The minimum absolute atomic E-state index is 0.254. The molecule has 0 radical (unpaired) electrons. The fraction of sp³-hybridized carbons (Fsp3) is 0. The zero-order chi connectivity index (χ0) is 9.68. The average molecular weight is 212 g/mol. The summed E-state index contributed by atoms with van der Waals surface area (Å²) in [5.41, 5.74) is 0.750. The Morgan fingerprint density at radius 1 is 1.54 bits per heavy atom. The number of nitrogens with one attached hydrogen (secondary N) is 2. The van der Waals surface area contributed by atoms with Gasteiger partial charge in [0, 0.05) is 10.7 Å². The maximum absolute atomic E-state index is 8.25. The molecule has 0 aliphatic heterocycles. The molecular formula is C8H6ClN3S. The van der Waals surface area contributed by atoms with Crippen molar-refractivity contribution in [2.45, 2.75) is 0 Å². The van der Waals surface area contributed by atoms with Gasteiger partial charge in [-0.2, -0.15) is 5.26 Å². The molecule has 0 unspecified atom stereocenters. The molecule has 0 bridgehead atoms. The van der Waals surface area contributed by atoms with E-state index < -0.39 is 0 Å². The first kappa shape index (κ1) is 9.78. The molecular weight excluding hydrogens is 206 g/mol. The molecule has 0 aromatic heterocycles. The molecule has 5 heteroatoms. The molecule has 2 N–H and O–H groups in total. The summed E-state index contributed by atoms with van der Waals surface area (Å²) in [4.78, 5) is 0. The number of nitrogens with zero attached hydrogens (tertiary/aromatic N) is 1. The van der Waals surface area contributed by atoms with Gasteiger partial charge in [0.25, 0.3) is 0 Å². The Hall–Kier alpha value is -1.31. The lowest BCUT2D eigenvalue weighted by molar-refractivity contribution is 1.28. The predicted molar refractivity (Wildman–Crippen MR) is 56.4 cm³/mol. The van der Waals surface area contributed by atoms with Crippen molar-refractivity contribution in [2.24, 2.45) is 0 Å². The van der Waals surface area contributed by atoms with Crippen LogP contribution < -0.4 is 10.6 Å². The summed E-state index contributed by atoms with van der Waals surface area (Å²) < 4.78 is 0. The molecule has 1 aromatic rings. The van der Waals surface area contributed by atoms with Crippen LogP contribution in [0.5, 0.6) is 0 Å². The Bertz CT molecular complexity index is 359. The van der Waals surface area contributed by atoms with E-state index in [4.69, 9.17) is 29.1 Å². The van der Waals surface area contributed by atoms with E-state index in [0.29, 0.717) is 5.02 Å². The van der Waals surface area contributed by atoms with Crippen LogP contribution in [0.1, 0.15) is 0 Å². The van der Waals surface area contributed by atoms with Crippen LogP contribution in [0.4, 0.5) is 5.69 Å². The quantitative estimate of drug-likeness (QED) is 0.424. The molecule has 1 rings (SSSR count). The molecule has 13 heavy (non-hydrogen) atoms. The van der Waals surface area contributed by atoms with Crippen molar-refractivity contribution in [3.8, 4) is 6.19 Å². The van der Waals surface area contributed by atoms with Crippen LogP contribution in [0.15, 0.2) is 24.3 Å².